The molecule has 0 spiro atoms. The van der Waals surface area contributed by atoms with E-state index in [1.54, 1.807) is 0 Å². The van der Waals surface area contributed by atoms with Crippen LogP contribution in [0.5, 0.6) is 0 Å². The lowest BCUT2D eigenvalue weighted by Gasteiger charge is -2.15. The van der Waals surface area contributed by atoms with E-state index in [1.165, 1.54) is 44.9 Å². The standard InChI is InChI=1S/C15H29NO/c1-3-4-5-6-7-8-9-10-15(17)16-12-11-14(2)13-16/h14H,3-13H2,1-2H3. The molecule has 1 heterocycles. The summed E-state index contributed by atoms with van der Waals surface area (Å²) >= 11 is 0. The first-order valence-electron chi connectivity index (χ1n) is 7.51. The largest absolute Gasteiger partial charge is 0.342 e. The van der Waals surface area contributed by atoms with Crippen molar-refractivity contribution in [2.24, 2.45) is 5.92 Å². The number of rotatable bonds is 8. The van der Waals surface area contributed by atoms with Crippen molar-refractivity contribution in [3.05, 3.63) is 0 Å². The van der Waals surface area contributed by atoms with E-state index >= 15 is 0 Å². The number of carbonyl (C=O) groups excluding carboxylic acids is 1. The molecule has 1 atom stereocenters. The van der Waals surface area contributed by atoms with Crippen molar-refractivity contribution in [1.82, 2.24) is 4.90 Å². The third-order valence-electron chi connectivity index (χ3n) is 3.77. The molecule has 1 aliphatic rings. The number of hydrogen-bond acceptors (Lipinski definition) is 1. The molecule has 0 aliphatic carbocycles. The van der Waals surface area contributed by atoms with E-state index < -0.39 is 0 Å². The summed E-state index contributed by atoms with van der Waals surface area (Å²) in [5.74, 6) is 1.11. The molecule has 1 unspecified atom stereocenters. The van der Waals surface area contributed by atoms with Crippen LogP contribution in [0.1, 0.15) is 71.6 Å². The summed E-state index contributed by atoms with van der Waals surface area (Å²) in [5, 5.41) is 0. The maximum Gasteiger partial charge on any atom is 0.222 e. The van der Waals surface area contributed by atoms with E-state index in [4.69, 9.17) is 0 Å². The highest BCUT2D eigenvalue weighted by Gasteiger charge is 2.22. The molecule has 0 bridgehead atoms. The topological polar surface area (TPSA) is 20.3 Å². The van der Waals surface area contributed by atoms with Crippen LogP contribution in [0.4, 0.5) is 0 Å². The second kappa shape index (κ2) is 8.54. The summed E-state index contributed by atoms with van der Waals surface area (Å²) in [7, 11) is 0. The molecule has 0 aromatic heterocycles. The average molecular weight is 239 g/mol. The van der Waals surface area contributed by atoms with Crippen molar-refractivity contribution in [2.45, 2.75) is 71.6 Å². The zero-order valence-corrected chi connectivity index (χ0v) is 11.7. The van der Waals surface area contributed by atoms with Gasteiger partial charge in [0.1, 0.15) is 0 Å². The first-order chi connectivity index (χ1) is 8.24. The minimum absolute atomic E-state index is 0.392. The van der Waals surface area contributed by atoms with Crippen LogP contribution in [0.2, 0.25) is 0 Å². The molecule has 0 N–H and O–H groups in total. The Morgan fingerprint density at radius 3 is 2.35 bits per heavy atom. The van der Waals surface area contributed by atoms with Gasteiger partial charge < -0.3 is 4.90 Å². The Bertz CT molecular complexity index is 215. The summed E-state index contributed by atoms with van der Waals surface area (Å²) in [4.78, 5) is 13.9. The predicted molar refractivity (Wildman–Crippen MR) is 73.0 cm³/mol. The van der Waals surface area contributed by atoms with E-state index in [2.05, 4.69) is 18.7 Å². The second-order valence-corrected chi connectivity index (χ2v) is 5.60. The van der Waals surface area contributed by atoms with Crippen molar-refractivity contribution in [3.8, 4) is 0 Å². The van der Waals surface area contributed by atoms with Gasteiger partial charge in [-0.1, -0.05) is 52.4 Å². The summed E-state index contributed by atoms with van der Waals surface area (Å²) in [6.45, 7) is 6.47. The minimum atomic E-state index is 0.392. The van der Waals surface area contributed by atoms with Crippen LogP contribution in [0.3, 0.4) is 0 Å². The van der Waals surface area contributed by atoms with Gasteiger partial charge in [0.05, 0.1) is 0 Å². The molecule has 0 saturated carbocycles. The first kappa shape index (κ1) is 14.5. The molecule has 1 rings (SSSR count). The molecule has 1 saturated heterocycles. The van der Waals surface area contributed by atoms with Gasteiger partial charge in [-0.25, -0.2) is 0 Å². The number of nitrogens with zero attached hydrogens (tertiary/aromatic N) is 1. The highest BCUT2D eigenvalue weighted by Crippen LogP contribution is 2.17. The average Bonchev–Trinajstić information content (AvgIpc) is 2.74. The van der Waals surface area contributed by atoms with Crippen molar-refractivity contribution in [2.75, 3.05) is 13.1 Å². The number of carbonyl (C=O) groups is 1. The summed E-state index contributed by atoms with van der Waals surface area (Å²) in [6, 6.07) is 0. The van der Waals surface area contributed by atoms with Gasteiger partial charge in [-0.3, -0.25) is 4.79 Å². The maximum atomic E-state index is 11.9. The molecule has 17 heavy (non-hydrogen) atoms. The zero-order chi connectivity index (χ0) is 12.5. The smallest absolute Gasteiger partial charge is 0.222 e. The van der Waals surface area contributed by atoms with Crippen LogP contribution in [0, 0.1) is 5.92 Å². The number of hydrogen-bond donors (Lipinski definition) is 0. The SMILES string of the molecule is CCCCCCCCCC(=O)N1CCC(C)C1. The number of unbranched alkanes of at least 4 members (excludes halogenated alkanes) is 6. The van der Waals surface area contributed by atoms with Crippen molar-refractivity contribution >= 4 is 5.91 Å². The minimum Gasteiger partial charge on any atom is -0.342 e. The van der Waals surface area contributed by atoms with Gasteiger partial charge in [-0.2, -0.15) is 0 Å². The van der Waals surface area contributed by atoms with Crippen LogP contribution in [0.25, 0.3) is 0 Å². The fourth-order valence-electron chi connectivity index (χ4n) is 2.55. The molecular formula is C15H29NO. The third-order valence-corrected chi connectivity index (χ3v) is 3.77. The summed E-state index contributed by atoms with van der Waals surface area (Å²) in [5.41, 5.74) is 0. The Morgan fingerprint density at radius 2 is 1.76 bits per heavy atom. The van der Waals surface area contributed by atoms with Gasteiger partial charge in [-0.05, 0) is 18.8 Å². The second-order valence-electron chi connectivity index (χ2n) is 5.60. The number of likely N-dealkylation sites (tertiary alicyclic amines) is 1. The number of amides is 1. The fraction of sp³-hybridized carbons (Fsp3) is 0.933. The van der Waals surface area contributed by atoms with Crippen molar-refractivity contribution in [1.29, 1.82) is 0 Å². The molecule has 0 aromatic carbocycles. The van der Waals surface area contributed by atoms with Gasteiger partial charge in [0.25, 0.3) is 0 Å². The van der Waals surface area contributed by atoms with E-state index in [-0.39, 0.29) is 0 Å². The van der Waals surface area contributed by atoms with Gasteiger partial charge >= 0.3 is 0 Å². The lowest BCUT2D eigenvalue weighted by atomic mass is 10.1. The lowest BCUT2D eigenvalue weighted by Crippen LogP contribution is -2.28. The summed E-state index contributed by atoms with van der Waals surface area (Å²) in [6.07, 6.45) is 11.0. The molecular weight excluding hydrogens is 210 g/mol. The lowest BCUT2D eigenvalue weighted by molar-refractivity contribution is -0.130. The Morgan fingerprint density at radius 1 is 1.12 bits per heavy atom. The Balaban J connectivity index is 1.93. The molecule has 2 nitrogen and oxygen atoms in total. The normalized spacial score (nSPS) is 19.9. The van der Waals surface area contributed by atoms with E-state index in [0.29, 0.717) is 11.8 Å². The highest BCUT2D eigenvalue weighted by atomic mass is 16.2. The Hall–Kier alpha value is -0.530. The predicted octanol–water partition coefficient (Wildman–Crippen LogP) is 4.00. The zero-order valence-electron chi connectivity index (χ0n) is 11.7. The van der Waals surface area contributed by atoms with E-state index in [1.807, 2.05) is 0 Å². The molecule has 100 valence electrons. The third kappa shape index (κ3) is 6.09. The Kier molecular flexibility index (Phi) is 7.30. The van der Waals surface area contributed by atoms with Crippen LogP contribution < -0.4 is 0 Å². The fourth-order valence-corrected chi connectivity index (χ4v) is 2.55. The van der Waals surface area contributed by atoms with Crippen LogP contribution in [-0.4, -0.2) is 23.9 Å². The van der Waals surface area contributed by atoms with Crippen molar-refractivity contribution in [3.63, 3.8) is 0 Å². The Labute approximate surface area is 107 Å². The maximum absolute atomic E-state index is 11.9. The molecule has 0 radical (unpaired) electrons. The van der Waals surface area contributed by atoms with Gasteiger partial charge in [0, 0.05) is 19.5 Å². The molecule has 0 aromatic rings. The van der Waals surface area contributed by atoms with E-state index in [0.717, 1.165) is 25.9 Å². The molecule has 1 aliphatic heterocycles. The molecule has 1 fully saturated rings. The van der Waals surface area contributed by atoms with Gasteiger partial charge in [0.2, 0.25) is 5.91 Å². The van der Waals surface area contributed by atoms with Crippen LogP contribution in [-0.2, 0) is 4.79 Å². The molecule has 1 amide bonds. The molecule has 2 heteroatoms. The highest BCUT2D eigenvalue weighted by molar-refractivity contribution is 5.76. The quantitative estimate of drug-likeness (QED) is 0.586. The summed E-state index contributed by atoms with van der Waals surface area (Å²) < 4.78 is 0. The van der Waals surface area contributed by atoms with Gasteiger partial charge in [-0.15, -0.1) is 0 Å². The first-order valence-corrected chi connectivity index (χ1v) is 7.51. The van der Waals surface area contributed by atoms with Crippen LogP contribution in [0.15, 0.2) is 0 Å². The van der Waals surface area contributed by atoms with Gasteiger partial charge in [0.15, 0.2) is 0 Å². The van der Waals surface area contributed by atoms with E-state index in [9.17, 15) is 4.79 Å². The van der Waals surface area contributed by atoms with Crippen molar-refractivity contribution < 1.29 is 4.79 Å². The monoisotopic (exact) mass is 239 g/mol. The van der Waals surface area contributed by atoms with Crippen LogP contribution >= 0.6 is 0 Å².